The molecule has 2 saturated carbocycles. The first-order valence-corrected chi connectivity index (χ1v) is 4.06. The number of allylic oxidation sites excluding steroid dienone is 2. The van der Waals surface area contributed by atoms with Crippen molar-refractivity contribution in [3.05, 3.63) is 12.2 Å². The van der Waals surface area contributed by atoms with Crippen molar-refractivity contribution in [3.8, 4) is 12.3 Å². The Morgan fingerprint density at radius 1 is 1.20 bits per heavy atom. The van der Waals surface area contributed by atoms with Gasteiger partial charge in [0, 0.05) is 5.92 Å². The van der Waals surface area contributed by atoms with Crippen LogP contribution in [0.4, 0.5) is 0 Å². The highest BCUT2D eigenvalue weighted by atomic mass is 14.6. The van der Waals surface area contributed by atoms with Gasteiger partial charge >= 0.3 is 0 Å². The summed E-state index contributed by atoms with van der Waals surface area (Å²) in [7, 11) is 0. The molecule has 0 spiro atoms. The molecular weight excluding hydrogens is 120 g/mol. The highest BCUT2D eigenvalue weighted by Gasteiger charge is 2.62. The Bertz CT molecular complexity index is 225. The van der Waals surface area contributed by atoms with Gasteiger partial charge in [-0.2, -0.15) is 0 Å². The number of rotatable bonds is 0. The molecule has 2 bridgehead atoms. The molecule has 3 aliphatic carbocycles. The van der Waals surface area contributed by atoms with Crippen LogP contribution in [0, 0.1) is 41.9 Å². The molecule has 0 aromatic carbocycles. The van der Waals surface area contributed by atoms with Gasteiger partial charge in [0.15, 0.2) is 0 Å². The standard InChI is InChI=1S/C10H10/c1-2-8-9-6-3-4-7(5-6)10(8)9/h1,3-4,6-10H,5H2/t6-,7+,8?,9+,10-. The maximum Gasteiger partial charge on any atom is 0.0274 e. The fourth-order valence-corrected chi connectivity index (χ4v) is 3.01. The summed E-state index contributed by atoms with van der Waals surface area (Å²) in [6.45, 7) is 0. The largest absolute Gasteiger partial charge is 0.120 e. The van der Waals surface area contributed by atoms with Gasteiger partial charge in [0.25, 0.3) is 0 Å². The van der Waals surface area contributed by atoms with E-state index in [1.54, 1.807) is 0 Å². The molecule has 0 heterocycles. The molecule has 0 nitrogen and oxygen atoms in total. The Hall–Kier alpha value is -0.700. The van der Waals surface area contributed by atoms with E-state index in [-0.39, 0.29) is 0 Å². The monoisotopic (exact) mass is 130 g/mol. The molecule has 0 radical (unpaired) electrons. The van der Waals surface area contributed by atoms with Crippen molar-refractivity contribution >= 4 is 0 Å². The lowest BCUT2D eigenvalue weighted by Gasteiger charge is -2.02. The van der Waals surface area contributed by atoms with Crippen LogP contribution in [0.2, 0.25) is 0 Å². The summed E-state index contributed by atoms with van der Waals surface area (Å²) in [6.07, 6.45) is 11.6. The fraction of sp³-hybridized carbons (Fsp3) is 0.600. The molecule has 2 fully saturated rings. The Balaban J connectivity index is 1.97. The lowest BCUT2D eigenvalue weighted by molar-refractivity contribution is 0.536. The predicted octanol–water partition coefficient (Wildman–Crippen LogP) is 1.69. The summed E-state index contributed by atoms with van der Waals surface area (Å²) in [5.74, 6) is 7.10. The van der Waals surface area contributed by atoms with Gasteiger partial charge in [-0.3, -0.25) is 0 Å². The SMILES string of the molecule is C#CC1[C@@H]2[C@H]1[C@@H]1C=C[C@H]2C1. The number of hydrogen-bond donors (Lipinski definition) is 0. The van der Waals surface area contributed by atoms with Crippen LogP contribution in [-0.4, -0.2) is 0 Å². The average molecular weight is 130 g/mol. The van der Waals surface area contributed by atoms with E-state index in [1.165, 1.54) is 6.42 Å². The first kappa shape index (κ1) is 5.02. The summed E-state index contributed by atoms with van der Waals surface area (Å²) < 4.78 is 0. The predicted molar refractivity (Wildman–Crippen MR) is 40.0 cm³/mol. The third kappa shape index (κ3) is 0.362. The molecule has 0 aromatic rings. The van der Waals surface area contributed by atoms with Gasteiger partial charge in [-0.25, -0.2) is 0 Å². The Morgan fingerprint density at radius 2 is 1.80 bits per heavy atom. The third-order valence-electron chi connectivity index (χ3n) is 3.46. The first-order chi connectivity index (χ1) is 4.92. The summed E-state index contributed by atoms with van der Waals surface area (Å²) in [5, 5.41) is 0. The van der Waals surface area contributed by atoms with Gasteiger partial charge in [0.2, 0.25) is 0 Å². The summed E-state index contributed by atoms with van der Waals surface area (Å²) in [5.41, 5.74) is 0. The second-order valence-corrected chi connectivity index (χ2v) is 3.80. The molecule has 0 amide bonds. The van der Waals surface area contributed by atoms with Gasteiger partial charge in [-0.1, -0.05) is 12.2 Å². The van der Waals surface area contributed by atoms with Gasteiger partial charge in [0.1, 0.15) is 0 Å². The summed E-state index contributed by atoms with van der Waals surface area (Å²) >= 11 is 0. The second kappa shape index (κ2) is 1.32. The average Bonchev–Trinajstić information content (AvgIpc) is 2.36. The van der Waals surface area contributed by atoms with Crippen molar-refractivity contribution in [2.24, 2.45) is 29.6 Å². The summed E-state index contributed by atoms with van der Waals surface area (Å²) in [6, 6.07) is 0. The lowest BCUT2D eigenvalue weighted by Crippen LogP contribution is -1.96. The van der Waals surface area contributed by atoms with Gasteiger partial charge in [0.05, 0.1) is 0 Å². The van der Waals surface area contributed by atoms with E-state index in [9.17, 15) is 0 Å². The minimum absolute atomic E-state index is 0.652. The Labute approximate surface area is 61.3 Å². The molecule has 1 unspecified atom stereocenters. The van der Waals surface area contributed by atoms with E-state index < -0.39 is 0 Å². The van der Waals surface area contributed by atoms with E-state index in [2.05, 4.69) is 18.1 Å². The van der Waals surface area contributed by atoms with E-state index in [1.807, 2.05) is 0 Å². The molecule has 0 N–H and O–H groups in total. The quantitative estimate of drug-likeness (QED) is 0.346. The minimum Gasteiger partial charge on any atom is -0.120 e. The first-order valence-electron chi connectivity index (χ1n) is 4.06. The molecule has 5 atom stereocenters. The van der Waals surface area contributed by atoms with Crippen molar-refractivity contribution < 1.29 is 0 Å². The topological polar surface area (TPSA) is 0 Å². The Morgan fingerprint density at radius 3 is 2.30 bits per heavy atom. The van der Waals surface area contributed by atoms with E-state index in [0.29, 0.717) is 5.92 Å². The van der Waals surface area contributed by atoms with E-state index >= 15 is 0 Å². The highest BCUT2D eigenvalue weighted by Crippen LogP contribution is 2.66. The van der Waals surface area contributed by atoms with Crippen LogP contribution in [0.1, 0.15) is 6.42 Å². The van der Waals surface area contributed by atoms with Crippen molar-refractivity contribution in [2.75, 3.05) is 0 Å². The molecule has 3 rings (SSSR count). The number of hydrogen-bond acceptors (Lipinski definition) is 0. The molecule has 0 heteroatoms. The zero-order valence-electron chi connectivity index (χ0n) is 5.83. The molecule has 10 heavy (non-hydrogen) atoms. The molecule has 3 aliphatic rings. The smallest absolute Gasteiger partial charge is 0.0274 e. The van der Waals surface area contributed by atoms with Gasteiger partial charge < -0.3 is 0 Å². The van der Waals surface area contributed by atoms with Crippen LogP contribution in [0.15, 0.2) is 12.2 Å². The van der Waals surface area contributed by atoms with Crippen LogP contribution in [0.3, 0.4) is 0 Å². The van der Waals surface area contributed by atoms with Crippen molar-refractivity contribution in [3.63, 3.8) is 0 Å². The normalized spacial score (nSPS) is 60.1. The Kier molecular flexibility index (Phi) is 0.663. The van der Waals surface area contributed by atoms with Crippen LogP contribution in [0.5, 0.6) is 0 Å². The molecule has 0 saturated heterocycles. The number of terminal acetylenes is 1. The molecule has 0 aromatic heterocycles. The maximum atomic E-state index is 5.40. The van der Waals surface area contributed by atoms with Crippen molar-refractivity contribution in [1.29, 1.82) is 0 Å². The number of fused-ring (bicyclic) bond motifs is 5. The molecule has 50 valence electrons. The van der Waals surface area contributed by atoms with Gasteiger partial charge in [-0.15, -0.1) is 12.3 Å². The van der Waals surface area contributed by atoms with Crippen molar-refractivity contribution in [2.45, 2.75) is 6.42 Å². The molecule has 0 aliphatic heterocycles. The second-order valence-electron chi connectivity index (χ2n) is 3.80. The maximum absolute atomic E-state index is 5.40. The fourth-order valence-electron chi connectivity index (χ4n) is 3.01. The van der Waals surface area contributed by atoms with E-state index in [4.69, 9.17) is 6.42 Å². The zero-order chi connectivity index (χ0) is 6.72. The van der Waals surface area contributed by atoms with E-state index in [0.717, 1.165) is 23.7 Å². The lowest BCUT2D eigenvalue weighted by atomic mass is 10.0. The third-order valence-corrected chi connectivity index (χ3v) is 3.46. The van der Waals surface area contributed by atoms with Crippen LogP contribution < -0.4 is 0 Å². The van der Waals surface area contributed by atoms with Crippen LogP contribution >= 0.6 is 0 Å². The van der Waals surface area contributed by atoms with Crippen molar-refractivity contribution in [1.82, 2.24) is 0 Å². The molecular formula is C10H10. The van der Waals surface area contributed by atoms with Gasteiger partial charge in [-0.05, 0) is 30.1 Å². The summed E-state index contributed by atoms with van der Waals surface area (Å²) in [4.78, 5) is 0. The zero-order valence-corrected chi connectivity index (χ0v) is 5.83. The van der Waals surface area contributed by atoms with Crippen LogP contribution in [-0.2, 0) is 0 Å². The minimum atomic E-state index is 0.652. The van der Waals surface area contributed by atoms with Crippen LogP contribution in [0.25, 0.3) is 0 Å². The highest BCUT2D eigenvalue weighted by molar-refractivity contribution is 5.29.